The number of imidazole rings is 1. The summed E-state index contributed by atoms with van der Waals surface area (Å²) in [6.07, 6.45) is 3.55. The first-order valence-corrected chi connectivity index (χ1v) is 8.94. The van der Waals surface area contributed by atoms with Crippen LogP contribution in [-0.2, 0) is 7.05 Å². The maximum absolute atomic E-state index is 13.1. The Morgan fingerprint density at radius 1 is 1.25 bits per heavy atom. The Morgan fingerprint density at radius 2 is 2.07 bits per heavy atom. The molecule has 0 fully saturated rings. The predicted octanol–water partition coefficient (Wildman–Crippen LogP) is 3.13. The lowest BCUT2D eigenvalue weighted by molar-refractivity contribution is 0.0937. The van der Waals surface area contributed by atoms with Gasteiger partial charge in [-0.2, -0.15) is 5.10 Å². The topological polar surface area (TPSA) is 84.8 Å². The summed E-state index contributed by atoms with van der Waals surface area (Å²) in [5.41, 5.74) is 3.06. The van der Waals surface area contributed by atoms with Crippen LogP contribution in [0, 0.1) is 6.92 Å². The Bertz CT molecular complexity index is 1140. The normalized spacial score (nSPS) is 12.1. The van der Waals surface area contributed by atoms with Crippen LogP contribution in [-0.4, -0.2) is 32.8 Å². The van der Waals surface area contributed by atoms with Gasteiger partial charge in [-0.05, 0) is 25.1 Å². The summed E-state index contributed by atoms with van der Waals surface area (Å²) in [6, 6.07) is 13.0. The Hall–Kier alpha value is -3.61. The first-order valence-electron chi connectivity index (χ1n) is 8.94. The number of ether oxygens (including phenoxy) is 1. The Balaban J connectivity index is 1.76. The van der Waals surface area contributed by atoms with Gasteiger partial charge in [0.25, 0.3) is 5.91 Å². The second-order valence-corrected chi connectivity index (χ2v) is 6.67. The van der Waals surface area contributed by atoms with Crippen molar-refractivity contribution in [1.29, 1.82) is 0 Å². The van der Waals surface area contributed by atoms with Crippen molar-refractivity contribution in [2.75, 3.05) is 7.11 Å². The molecular weight excluding hydrogens is 354 g/mol. The third-order valence-corrected chi connectivity index (χ3v) is 4.78. The van der Waals surface area contributed by atoms with Crippen molar-refractivity contribution in [3.63, 3.8) is 0 Å². The number of nitrogens with zero attached hydrogens (tertiary/aromatic N) is 3. The number of para-hydroxylation sites is 1. The van der Waals surface area contributed by atoms with Crippen molar-refractivity contribution in [3.8, 4) is 5.75 Å². The number of nitrogens with one attached hydrogen (secondary N) is 2. The van der Waals surface area contributed by atoms with Gasteiger partial charge in [0.05, 0.1) is 12.6 Å². The summed E-state index contributed by atoms with van der Waals surface area (Å²) in [5.74, 6) is 1.10. The number of rotatable bonds is 5. The Morgan fingerprint density at radius 3 is 2.82 bits per heavy atom. The fourth-order valence-corrected chi connectivity index (χ4v) is 3.34. The van der Waals surface area contributed by atoms with Gasteiger partial charge < -0.3 is 14.6 Å². The molecule has 0 spiro atoms. The van der Waals surface area contributed by atoms with E-state index in [9.17, 15) is 4.79 Å². The Kier molecular flexibility index (Phi) is 4.57. The minimum atomic E-state index is -0.486. The molecule has 0 saturated carbocycles. The fraction of sp³-hybridized carbons (Fsp3) is 0.190. The van der Waals surface area contributed by atoms with E-state index in [0.717, 1.165) is 22.0 Å². The molecule has 1 atom stereocenters. The van der Waals surface area contributed by atoms with Crippen molar-refractivity contribution in [2.24, 2.45) is 7.05 Å². The standard InChI is InChI=1S/C21H21N5O2/c1-13-8-9-16-15(12-13)19(25-24-16)21(27)23-18(20-22-10-11-26(20)2)14-6-4-5-7-17(14)28-3/h4-12,18H,1-3H3,(H,23,27)(H,24,25). The second-order valence-electron chi connectivity index (χ2n) is 6.67. The molecule has 142 valence electrons. The average Bonchev–Trinajstić information content (AvgIpc) is 3.31. The molecule has 2 aromatic carbocycles. The molecule has 2 aromatic heterocycles. The SMILES string of the molecule is COc1ccccc1C(NC(=O)c1n[nH]c2ccc(C)cc12)c1nccn1C. The lowest BCUT2D eigenvalue weighted by atomic mass is 10.0. The number of carbonyl (C=O) groups is 1. The average molecular weight is 375 g/mol. The molecular formula is C21H21N5O2. The predicted molar refractivity (Wildman–Crippen MR) is 106 cm³/mol. The van der Waals surface area contributed by atoms with Crippen molar-refractivity contribution >= 4 is 16.8 Å². The van der Waals surface area contributed by atoms with Gasteiger partial charge in [0, 0.05) is 30.4 Å². The molecule has 0 saturated heterocycles. The number of hydrogen-bond acceptors (Lipinski definition) is 4. The zero-order chi connectivity index (χ0) is 19.7. The number of aryl methyl sites for hydroxylation is 2. The zero-order valence-electron chi connectivity index (χ0n) is 15.9. The minimum absolute atomic E-state index is 0.282. The van der Waals surface area contributed by atoms with E-state index >= 15 is 0 Å². The van der Waals surface area contributed by atoms with E-state index in [1.165, 1.54) is 0 Å². The number of aromatic nitrogens is 4. The molecule has 0 radical (unpaired) electrons. The highest BCUT2D eigenvalue weighted by Crippen LogP contribution is 2.29. The largest absolute Gasteiger partial charge is 0.496 e. The molecule has 2 heterocycles. The molecule has 7 nitrogen and oxygen atoms in total. The third-order valence-electron chi connectivity index (χ3n) is 4.78. The third kappa shape index (κ3) is 3.11. The van der Waals surface area contributed by atoms with Crippen LogP contribution in [0.15, 0.2) is 54.9 Å². The molecule has 28 heavy (non-hydrogen) atoms. The maximum atomic E-state index is 13.1. The van der Waals surface area contributed by atoms with Crippen LogP contribution >= 0.6 is 0 Å². The first-order chi connectivity index (χ1) is 13.6. The maximum Gasteiger partial charge on any atom is 0.273 e. The summed E-state index contributed by atoms with van der Waals surface area (Å²) in [7, 11) is 3.50. The highest BCUT2D eigenvalue weighted by molar-refractivity contribution is 6.05. The van der Waals surface area contributed by atoms with Crippen LogP contribution in [0.4, 0.5) is 0 Å². The van der Waals surface area contributed by atoms with Gasteiger partial charge in [-0.1, -0.05) is 29.8 Å². The van der Waals surface area contributed by atoms with E-state index in [4.69, 9.17) is 4.74 Å². The fourth-order valence-electron chi connectivity index (χ4n) is 3.34. The minimum Gasteiger partial charge on any atom is -0.496 e. The van der Waals surface area contributed by atoms with Crippen LogP contribution in [0.1, 0.15) is 33.5 Å². The van der Waals surface area contributed by atoms with Crippen LogP contribution in [0.3, 0.4) is 0 Å². The molecule has 0 bridgehead atoms. The van der Waals surface area contributed by atoms with Gasteiger partial charge in [0.15, 0.2) is 5.69 Å². The summed E-state index contributed by atoms with van der Waals surface area (Å²) >= 11 is 0. The van der Waals surface area contributed by atoms with Gasteiger partial charge in [-0.3, -0.25) is 9.89 Å². The van der Waals surface area contributed by atoms with E-state index in [1.807, 2.05) is 67.2 Å². The molecule has 4 rings (SSSR count). The monoisotopic (exact) mass is 375 g/mol. The molecule has 1 amide bonds. The number of fused-ring (bicyclic) bond motifs is 1. The highest BCUT2D eigenvalue weighted by Gasteiger charge is 2.26. The molecule has 7 heteroatoms. The molecule has 4 aromatic rings. The van der Waals surface area contributed by atoms with Crippen LogP contribution in [0.25, 0.3) is 10.9 Å². The number of carbonyl (C=O) groups excluding carboxylic acids is 1. The lowest BCUT2D eigenvalue weighted by Crippen LogP contribution is -2.31. The molecule has 0 aliphatic rings. The highest BCUT2D eigenvalue weighted by atomic mass is 16.5. The van der Waals surface area contributed by atoms with E-state index < -0.39 is 6.04 Å². The molecule has 0 aliphatic heterocycles. The zero-order valence-corrected chi connectivity index (χ0v) is 15.9. The summed E-state index contributed by atoms with van der Waals surface area (Å²) in [4.78, 5) is 17.6. The van der Waals surface area contributed by atoms with Gasteiger partial charge in [0.1, 0.15) is 17.6 Å². The summed E-state index contributed by atoms with van der Waals surface area (Å²) in [5, 5.41) is 11.0. The summed E-state index contributed by atoms with van der Waals surface area (Å²) < 4.78 is 7.39. The van der Waals surface area contributed by atoms with Gasteiger partial charge in [-0.15, -0.1) is 0 Å². The lowest BCUT2D eigenvalue weighted by Gasteiger charge is -2.21. The van der Waals surface area contributed by atoms with Crippen LogP contribution in [0.5, 0.6) is 5.75 Å². The van der Waals surface area contributed by atoms with Crippen LogP contribution < -0.4 is 10.1 Å². The first kappa shape index (κ1) is 17.8. The van der Waals surface area contributed by atoms with E-state index in [0.29, 0.717) is 17.3 Å². The van der Waals surface area contributed by atoms with E-state index in [2.05, 4.69) is 20.5 Å². The number of benzene rings is 2. The summed E-state index contributed by atoms with van der Waals surface area (Å²) in [6.45, 7) is 1.99. The number of methoxy groups -OCH3 is 1. The van der Waals surface area contributed by atoms with E-state index in [1.54, 1.807) is 13.3 Å². The number of aromatic amines is 1. The van der Waals surface area contributed by atoms with Gasteiger partial charge >= 0.3 is 0 Å². The van der Waals surface area contributed by atoms with Crippen molar-refractivity contribution in [1.82, 2.24) is 25.1 Å². The second kappa shape index (κ2) is 7.19. The Labute approximate surface area is 162 Å². The molecule has 2 N–H and O–H groups in total. The quantitative estimate of drug-likeness (QED) is 0.561. The van der Waals surface area contributed by atoms with Gasteiger partial charge in [-0.25, -0.2) is 4.98 Å². The molecule has 0 aliphatic carbocycles. The number of hydrogen-bond donors (Lipinski definition) is 2. The smallest absolute Gasteiger partial charge is 0.273 e. The molecule has 1 unspecified atom stereocenters. The van der Waals surface area contributed by atoms with Gasteiger partial charge in [0.2, 0.25) is 0 Å². The number of amides is 1. The van der Waals surface area contributed by atoms with Crippen molar-refractivity contribution < 1.29 is 9.53 Å². The van der Waals surface area contributed by atoms with E-state index in [-0.39, 0.29) is 5.91 Å². The van der Waals surface area contributed by atoms with Crippen molar-refractivity contribution in [2.45, 2.75) is 13.0 Å². The number of H-pyrrole nitrogens is 1. The van der Waals surface area contributed by atoms with Crippen LogP contribution in [0.2, 0.25) is 0 Å². The van der Waals surface area contributed by atoms with Crippen molar-refractivity contribution in [3.05, 3.63) is 77.5 Å².